The molecule has 2 aliphatic rings. The standard InChI is InChI=1S/C21H32N4O2/c1-23(17-18-7-3-2-4-8-18)19-10-15-25(16-11-19)21(27)22-12-9-20(26)24-13-5-6-14-24/h2-4,7-8,19H,5-6,9-17H2,1H3,(H,22,27). The van der Waals surface area contributed by atoms with E-state index in [0.29, 0.717) is 19.0 Å². The van der Waals surface area contributed by atoms with Crippen molar-refractivity contribution in [3.63, 3.8) is 0 Å². The first-order valence-electron chi connectivity index (χ1n) is 10.2. The molecule has 0 radical (unpaired) electrons. The van der Waals surface area contributed by atoms with E-state index in [1.165, 1.54) is 5.56 Å². The van der Waals surface area contributed by atoms with Crippen molar-refractivity contribution < 1.29 is 9.59 Å². The van der Waals surface area contributed by atoms with Crippen molar-refractivity contribution in [3.05, 3.63) is 35.9 Å². The van der Waals surface area contributed by atoms with Crippen LogP contribution in [0.1, 0.15) is 37.7 Å². The zero-order valence-corrected chi connectivity index (χ0v) is 16.4. The molecular weight excluding hydrogens is 340 g/mol. The Bertz CT molecular complexity index is 608. The number of nitrogens with zero attached hydrogens (tertiary/aromatic N) is 3. The lowest BCUT2D eigenvalue weighted by atomic mass is 10.0. The highest BCUT2D eigenvalue weighted by molar-refractivity contribution is 5.78. The first-order valence-corrected chi connectivity index (χ1v) is 10.2. The van der Waals surface area contributed by atoms with E-state index in [1.807, 2.05) is 15.9 Å². The van der Waals surface area contributed by atoms with Gasteiger partial charge in [0.2, 0.25) is 5.91 Å². The van der Waals surface area contributed by atoms with Gasteiger partial charge in [-0.2, -0.15) is 0 Å². The average molecular weight is 373 g/mol. The summed E-state index contributed by atoms with van der Waals surface area (Å²) in [5.41, 5.74) is 1.32. The monoisotopic (exact) mass is 372 g/mol. The number of nitrogens with one attached hydrogen (secondary N) is 1. The number of hydrogen-bond donors (Lipinski definition) is 1. The number of amides is 3. The lowest BCUT2D eigenvalue weighted by Gasteiger charge is -2.36. The Morgan fingerprint density at radius 3 is 2.37 bits per heavy atom. The van der Waals surface area contributed by atoms with E-state index in [9.17, 15) is 9.59 Å². The number of likely N-dealkylation sites (tertiary alicyclic amines) is 2. The molecule has 0 aliphatic carbocycles. The maximum absolute atomic E-state index is 12.3. The number of urea groups is 1. The summed E-state index contributed by atoms with van der Waals surface area (Å²) in [5.74, 6) is 0.161. The van der Waals surface area contributed by atoms with E-state index in [-0.39, 0.29) is 11.9 Å². The summed E-state index contributed by atoms with van der Waals surface area (Å²) in [6.45, 7) is 4.66. The molecule has 0 aromatic heterocycles. The number of carbonyl (C=O) groups excluding carboxylic acids is 2. The second-order valence-electron chi connectivity index (χ2n) is 7.69. The summed E-state index contributed by atoms with van der Waals surface area (Å²) in [7, 11) is 2.16. The fourth-order valence-electron chi connectivity index (χ4n) is 4.02. The maximum Gasteiger partial charge on any atom is 0.317 e. The summed E-state index contributed by atoms with van der Waals surface area (Å²) >= 11 is 0. The Hall–Kier alpha value is -2.08. The van der Waals surface area contributed by atoms with Gasteiger partial charge in [-0.25, -0.2) is 4.79 Å². The van der Waals surface area contributed by atoms with Crippen LogP contribution in [-0.4, -0.2) is 72.5 Å². The molecule has 1 aromatic rings. The first-order chi connectivity index (χ1) is 13.1. The third-order valence-electron chi connectivity index (χ3n) is 5.72. The molecule has 2 aliphatic heterocycles. The van der Waals surface area contributed by atoms with E-state index in [0.717, 1.165) is 58.4 Å². The summed E-state index contributed by atoms with van der Waals surface area (Å²) < 4.78 is 0. The molecule has 3 rings (SSSR count). The highest BCUT2D eigenvalue weighted by Gasteiger charge is 2.25. The van der Waals surface area contributed by atoms with Crippen LogP contribution in [0.25, 0.3) is 0 Å². The Morgan fingerprint density at radius 1 is 1.04 bits per heavy atom. The van der Waals surface area contributed by atoms with Crippen LogP contribution in [0.3, 0.4) is 0 Å². The van der Waals surface area contributed by atoms with Gasteiger partial charge in [-0.05, 0) is 38.3 Å². The molecule has 2 fully saturated rings. The van der Waals surface area contributed by atoms with E-state index in [4.69, 9.17) is 0 Å². The van der Waals surface area contributed by atoms with Crippen LogP contribution in [0.4, 0.5) is 4.79 Å². The van der Waals surface area contributed by atoms with Gasteiger partial charge < -0.3 is 15.1 Å². The highest BCUT2D eigenvalue weighted by Crippen LogP contribution is 2.17. The third-order valence-corrected chi connectivity index (χ3v) is 5.72. The molecule has 0 atom stereocenters. The summed E-state index contributed by atoms with van der Waals surface area (Å²) in [6.07, 6.45) is 4.59. The molecule has 6 heteroatoms. The molecule has 0 bridgehead atoms. The van der Waals surface area contributed by atoms with Crippen molar-refractivity contribution in [3.8, 4) is 0 Å². The second kappa shape index (κ2) is 9.74. The number of rotatable bonds is 6. The van der Waals surface area contributed by atoms with Crippen LogP contribution in [0, 0.1) is 0 Å². The van der Waals surface area contributed by atoms with Crippen LogP contribution < -0.4 is 5.32 Å². The van der Waals surface area contributed by atoms with Crippen molar-refractivity contribution in [1.29, 1.82) is 0 Å². The van der Waals surface area contributed by atoms with Crippen molar-refractivity contribution >= 4 is 11.9 Å². The minimum Gasteiger partial charge on any atom is -0.343 e. The Balaban J connectivity index is 1.34. The van der Waals surface area contributed by atoms with Crippen molar-refractivity contribution in [2.45, 2.75) is 44.7 Å². The zero-order valence-electron chi connectivity index (χ0n) is 16.4. The molecule has 2 heterocycles. The van der Waals surface area contributed by atoms with Crippen molar-refractivity contribution in [2.75, 3.05) is 39.8 Å². The molecule has 148 valence electrons. The highest BCUT2D eigenvalue weighted by atomic mass is 16.2. The molecule has 27 heavy (non-hydrogen) atoms. The van der Waals surface area contributed by atoms with Gasteiger partial charge in [0, 0.05) is 51.7 Å². The normalized spacial score (nSPS) is 18.1. The van der Waals surface area contributed by atoms with Crippen LogP contribution in [0.15, 0.2) is 30.3 Å². The van der Waals surface area contributed by atoms with E-state index >= 15 is 0 Å². The predicted molar refractivity (Wildman–Crippen MR) is 106 cm³/mol. The smallest absolute Gasteiger partial charge is 0.317 e. The summed E-state index contributed by atoms with van der Waals surface area (Å²) in [5, 5.41) is 2.92. The lowest BCUT2D eigenvalue weighted by molar-refractivity contribution is -0.129. The van der Waals surface area contributed by atoms with Gasteiger partial charge in [0.25, 0.3) is 0 Å². The molecule has 0 spiro atoms. The Kier molecular flexibility index (Phi) is 7.10. The number of hydrogen-bond acceptors (Lipinski definition) is 3. The average Bonchev–Trinajstić information content (AvgIpc) is 3.23. The number of benzene rings is 1. The molecule has 6 nitrogen and oxygen atoms in total. The topological polar surface area (TPSA) is 55.9 Å². The minimum atomic E-state index is -0.0339. The van der Waals surface area contributed by atoms with Crippen molar-refractivity contribution in [2.24, 2.45) is 0 Å². The van der Waals surface area contributed by atoms with Gasteiger partial charge in [0.1, 0.15) is 0 Å². The van der Waals surface area contributed by atoms with Gasteiger partial charge in [-0.15, -0.1) is 0 Å². The quantitative estimate of drug-likeness (QED) is 0.834. The van der Waals surface area contributed by atoms with E-state index in [2.05, 4.69) is 41.5 Å². The summed E-state index contributed by atoms with van der Waals surface area (Å²) in [6, 6.07) is 11.0. The third kappa shape index (κ3) is 5.70. The largest absolute Gasteiger partial charge is 0.343 e. The second-order valence-corrected chi connectivity index (χ2v) is 7.69. The Labute approximate surface area is 162 Å². The van der Waals surface area contributed by atoms with Gasteiger partial charge in [0.05, 0.1) is 0 Å². The molecule has 1 aromatic carbocycles. The predicted octanol–water partition coefficient (Wildman–Crippen LogP) is 2.30. The van der Waals surface area contributed by atoms with Crippen molar-refractivity contribution in [1.82, 2.24) is 20.0 Å². The van der Waals surface area contributed by atoms with Gasteiger partial charge in [-0.1, -0.05) is 30.3 Å². The van der Waals surface area contributed by atoms with E-state index in [1.54, 1.807) is 0 Å². The van der Waals surface area contributed by atoms with Crippen LogP contribution in [-0.2, 0) is 11.3 Å². The number of carbonyl (C=O) groups is 2. The zero-order chi connectivity index (χ0) is 19.1. The molecular formula is C21H32N4O2. The van der Waals surface area contributed by atoms with Crippen LogP contribution >= 0.6 is 0 Å². The van der Waals surface area contributed by atoms with Gasteiger partial charge in [-0.3, -0.25) is 9.69 Å². The van der Waals surface area contributed by atoms with Crippen LogP contribution in [0.2, 0.25) is 0 Å². The first kappa shape index (κ1) is 19.7. The molecule has 2 saturated heterocycles. The summed E-state index contributed by atoms with van der Waals surface area (Å²) in [4.78, 5) is 30.5. The van der Waals surface area contributed by atoms with Crippen LogP contribution in [0.5, 0.6) is 0 Å². The fraction of sp³-hybridized carbons (Fsp3) is 0.619. The lowest BCUT2D eigenvalue weighted by Crippen LogP contribution is -2.49. The van der Waals surface area contributed by atoms with Gasteiger partial charge >= 0.3 is 6.03 Å². The number of piperidine rings is 1. The maximum atomic E-state index is 12.3. The molecule has 0 saturated carbocycles. The molecule has 3 amide bonds. The fourth-order valence-corrected chi connectivity index (χ4v) is 4.02. The SMILES string of the molecule is CN(Cc1ccccc1)C1CCN(C(=O)NCCC(=O)N2CCCC2)CC1. The molecule has 1 N–H and O–H groups in total. The minimum absolute atomic E-state index is 0.0339. The van der Waals surface area contributed by atoms with E-state index < -0.39 is 0 Å². The Morgan fingerprint density at radius 2 is 1.70 bits per heavy atom. The van der Waals surface area contributed by atoms with Gasteiger partial charge in [0.15, 0.2) is 0 Å². The molecule has 0 unspecified atom stereocenters.